The van der Waals surface area contributed by atoms with Crippen LogP contribution in [0.15, 0.2) is 0 Å². The Bertz CT molecular complexity index is 459. The molecule has 0 saturated carbocycles. The van der Waals surface area contributed by atoms with Crippen molar-refractivity contribution in [1.82, 2.24) is 9.78 Å². The zero-order valence-electron chi connectivity index (χ0n) is 12.7. The highest BCUT2D eigenvalue weighted by molar-refractivity contribution is 5.71. The van der Waals surface area contributed by atoms with E-state index in [1.165, 1.54) is 4.68 Å². The molecule has 1 heterocycles. The van der Waals surface area contributed by atoms with E-state index in [1.54, 1.807) is 0 Å². The van der Waals surface area contributed by atoms with Gasteiger partial charge in [0.15, 0.2) is 0 Å². The Morgan fingerprint density at radius 1 is 1.11 bits per heavy atom. The summed E-state index contributed by atoms with van der Waals surface area (Å²) in [6, 6.07) is 0. The highest BCUT2D eigenvalue weighted by atomic mass is 16.6. The molecule has 4 heteroatoms. The summed E-state index contributed by atoms with van der Waals surface area (Å²) in [4.78, 5) is 12.1. The predicted molar refractivity (Wildman–Crippen MR) is 72.0 cm³/mol. The topological polar surface area (TPSA) is 44.1 Å². The lowest BCUT2D eigenvalue weighted by atomic mass is 9.85. The van der Waals surface area contributed by atoms with Crippen LogP contribution in [0.3, 0.4) is 0 Å². The van der Waals surface area contributed by atoms with Crippen LogP contribution < -0.4 is 0 Å². The number of nitrogens with zero attached hydrogens (tertiary/aromatic N) is 2. The molecule has 0 aliphatic heterocycles. The number of carbonyl (C=O) groups is 1. The van der Waals surface area contributed by atoms with Crippen LogP contribution in [0.4, 0.5) is 4.79 Å². The van der Waals surface area contributed by atoms with Crippen molar-refractivity contribution < 1.29 is 9.53 Å². The van der Waals surface area contributed by atoms with Crippen molar-refractivity contribution in [3.05, 3.63) is 17.0 Å². The Labute approximate surface area is 109 Å². The molecule has 1 aromatic heterocycles. The second-order valence-electron chi connectivity index (χ2n) is 6.69. The molecule has 0 aliphatic carbocycles. The highest BCUT2D eigenvalue weighted by Crippen LogP contribution is 2.28. The molecule has 1 rings (SSSR count). The monoisotopic (exact) mass is 252 g/mol. The fraction of sp³-hybridized carbons (Fsp3) is 0.714. The van der Waals surface area contributed by atoms with Gasteiger partial charge < -0.3 is 4.74 Å². The lowest BCUT2D eigenvalue weighted by Crippen LogP contribution is -2.28. The van der Waals surface area contributed by atoms with Crippen LogP contribution in [0.1, 0.15) is 58.5 Å². The van der Waals surface area contributed by atoms with Crippen LogP contribution in [-0.4, -0.2) is 21.5 Å². The minimum absolute atomic E-state index is 0.0333. The van der Waals surface area contributed by atoms with Crippen LogP contribution in [0, 0.1) is 13.8 Å². The van der Waals surface area contributed by atoms with Crippen LogP contribution in [-0.2, 0) is 10.2 Å². The van der Waals surface area contributed by atoms with E-state index < -0.39 is 11.7 Å². The van der Waals surface area contributed by atoms with Crippen molar-refractivity contribution in [1.29, 1.82) is 0 Å². The zero-order chi connectivity index (χ0) is 14.3. The van der Waals surface area contributed by atoms with Gasteiger partial charge in [-0.3, -0.25) is 0 Å². The standard InChI is InChI=1S/C14H24N2O2/c1-9-11(13(3,4)5)10(2)16(15-9)12(17)18-14(6,7)8/h1-8H3. The summed E-state index contributed by atoms with van der Waals surface area (Å²) in [6.45, 7) is 15.7. The summed E-state index contributed by atoms with van der Waals surface area (Å²) >= 11 is 0. The molecule has 4 nitrogen and oxygen atoms in total. The van der Waals surface area contributed by atoms with Crippen molar-refractivity contribution in [2.75, 3.05) is 0 Å². The first-order valence-corrected chi connectivity index (χ1v) is 6.23. The fourth-order valence-corrected chi connectivity index (χ4v) is 2.21. The molecule has 0 aliphatic rings. The minimum atomic E-state index is -0.509. The zero-order valence-corrected chi connectivity index (χ0v) is 12.7. The van der Waals surface area contributed by atoms with Crippen molar-refractivity contribution in [3.63, 3.8) is 0 Å². The van der Waals surface area contributed by atoms with Gasteiger partial charge in [-0.1, -0.05) is 20.8 Å². The smallest absolute Gasteiger partial charge is 0.435 e. The molecule has 0 N–H and O–H groups in total. The van der Waals surface area contributed by atoms with E-state index in [0.717, 1.165) is 17.0 Å². The normalized spacial score (nSPS) is 12.7. The molecule has 0 bridgehead atoms. The van der Waals surface area contributed by atoms with Crippen LogP contribution in [0.5, 0.6) is 0 Å². The number of aryl methyl sites for hydroxylation is 1. The highest BCUT2D eigenvalue weighted by Gasteiger charge is 2.27. The molecule has 0 fully saturated rings. The lowest BCUT2D eigenvalue weighted by Gasteiger charge is -2.21. The van der Waals surface area contributed by atoms with E-state index in [-0.39, 0.29) is 5.41 Å². The van der Waals surface area contributed by atoms with E-state index in [9.17, 15) is 4.79 Å². The van der Waals surface area contributed by atoms with Gasteiger partial charge >= 0.3 is 6.09 Å². The molecule has 18 heavy (non-hydrogen) atoms. The van der Waals surface area contributed by atoms with Crippen LogP contribution in [0.2, 0.25) is 0 Å². The first-order valence-electron chi connectivity index (χ1n) is 6.23. The maximum Gasteiger partial charge on any atom is 0.435 e. The molecule has 0 saturated heterocycles. The largest absolute Gasteiger partial charge is 0.442 e. The van der Waals surface area contributed by atoms with Gasteiger partial charge in [-0.15, -0.1) is 0 Å². The maximum absolute atomic E-state index is 12.1. The van der Waals surface area contributed by atoms with Gasteiger partial charge in [-0.2, -0.15) is 9.78 Å². The molecule has 0 unspecified atom stereocenters. The van der Waals surface area contributed by atoms with Gasteiger partial charge in [-0.25, -0.2) is 4.79 Å². The predicted octanol–water partition coefficient (Wildman–Crippen LogP) is 3.58. The van der Waals surface area contributed by atoms with Gasteiger partial charge in [0, 0.05) is 5.56 Å². The number of hydrogen-bond acceptors (Lipinski definition) is 3. The van der Waals surface area contributed by atoms with Gasteiger partial charge in [0.25, 0.3) is 0 Å². The number of rotatable bonds is 0. The summed E-state index contributed by atoms with van der Waals surface area (Å²) in [6.07, 6.45) is -0.418. The third-order valence-corrected chi connectivity index (χ3v) is 2.61. The molecule has 102 valence electrons. The van der Waals surface area contributed by atoms with E-state index in [1.807, 2.05) is 34.6 Å². The molecule has 0 amide bonds. The molecule has 1 aromatic rings. The maximum atomic E-state index is 12.1. The quantitative estimate of drug-likeness (QED) is 0.709. The molecule has 0 radical (unpaired) electrons. The summed E-state index contributed by atoms with van der Waals surface area (Å²) < 4.78 is 6.71. The van der Waals surface area contributed by atoms with Gasteiger partial charge in [0.05, 0.1) is 11.4 Å². The average molecular weight is 252 g/mol. The van der Waals surface area contributed by atoms with Crippen molar-refractivity contribution in [2.24, 2.45) is 0 Å². The van der Waals surface area contributed by atoms with Crippen molar-refractivity contribution in [3.8, 4) is 0 Å². The van der Waals surface area contributed by atoms with Crippen molar-refractivity contribution >= 4 is 6.09 Å². The Kier molecular flexibility index (Phi) is 3.61. The van der Waals surface area contributed by atoms with Gasteiger partial charge in [0.2, 0.25) is 0 Å². The lowest BCUT2D eigenvalue weighted by molar-refractivity contribution is 0.0510. The number of carbonyl (C=O) groups excluding carboxylic acids is 1. The Morgan fingerprint density at radius 2 is 1.61 bits per heavy atom. The van der Waals surface area contributed by atoms with E-state index in [0.29, 0.717) is 0 Å². The Balaban J connectivity index is 3.18. The number of hydrogen-bond donors (Lipinski definition) is 0. The van der Waals surface area contributed by atoms with Gasteiger partial charge in [0.1, 0.15) is 5.60 Å². The summed E-state index contributed by atoms with van der Waals surface area (Å²) in [5.41, 5.74) is 2.30. The number of ether oxygens (including phenoxy) is 1. The number of aromatic nitrogens is 2. The summed E-state index contributed by atoms with van der Waals surface area (Å²) in [5, 5.41) is 4.30. The SMILES string of the molecule is Cc1nn(C(=O)OC(C)(C)C)c(C)c1C(C)(C)C. The summed E-state index contributed by atoms with van der Waals surface area (Å²) in [7, 11) is 0. The molecule has 0 atom stereocenters. The second-order valence-corrected chi connectivity index (χ2v) is 6.69. The van der Waals surface area contributed by atoms with Crippen molar-refractivity contribution in [2.45, 2.75) is 66.4 Å². The van der Waals surface area contributed by atoms with E-state index in [4.69, 9.17) is 4.74 Å². The Morgan fingerprint density at radius 3 is 1.94 bits per heavy atom. The Hall–Kier alpha value is -1.32. The third-order valence-electron chi connectivity index (χ3n) is 2.61. The molecular formula is C14H24N2O2. The minimum Gasteiger partial charge on any atom is -0.442 e. The van der Waals surface area contributed by atoms with Gasteiger partial charge in [-0.05, 0) is 40.0 Å². The first kappa shape index (κ1) is 14.7. The first-order chi connectivity index (χ1) is 7.93. The molecule has 0 spiro atoms. The summed E-state index contributed by atoms with van der Waals surface area (Å²) in [5.74, 6) is 0. The molecular weight excluding hydrogens is 228 g/mol. The van der Waals surface area contributed by atoms with Crippen LogP contribution in [0.25, 0.3) is 0 Å². The fourth-order valence-electron chi connectivity index (χ4n) is 2.21. The van der Waals surface area contributed by atoms with E-state index in [2.05, 4.69) is 25.9 Å². The third kappa shape index (κ3) is 3.12. The van der Waals surface area contributed by atoms with Crippen LogP contribution >= 0.6 is 0 Å². The molecule has 0 aromatic carbocycles. The van der Waals surface area contributed by atoms with E-state index >= 15 is 0 Å². The second kappa shape index (κ2) is 4.41. The average Bonchev–Trinajstić information content (AvgIpc) is 2.37.